The molecule has 1 aromatic heterocycles. The third-order valence-corrected chi connectivity index (χ3v) is 8.91. The van der Waals surface area contributed by atoms with Crippen molar-refractivity contribution < 1.29 is 62.3 Å². The van der Waals surface area contributed by atoms with E-state index in [0.717, 1.165) is 0 Å². The van der Waals surface area contributed by atoms with Gasteiger partial charge in [0.25, 0.3) is 5.66 Å². The molecule has 3 aliphatic heterocycles. The van der Waals surface area contributed by atoms with Gasteiger partial charge in [0.15, 0.2) is 6.04 Å². The van der Waals surface area contributed by atoms with Gasteiger partial charge in [0.2, 0.25) is 5.79 Å². The van der Waals surface area contributed by atoms with E-state index >= 15 is 0 Å². The SMILES string of the molecule is CC(C)(C)OC(=O)CN(CC(=O)OC(C)(C)C)c1ccc2c(COC(=O)NCCNC(=O)OC[C@@H]3NC(N)=[N+]4CCC(O)(O)[C@@]45NC(N)=[NH+][C@@H]35)cc(=O)oc2c1. The van der Waals surface area contributed by atoms with E-state index in [1.54, 1.807) is 58.3 Å². The molecule has 2 amide bonds. The molecule has 1 saturated heterocycles. The zero-order chi connectivity index (χ0) is 41.2. The first-order valence-corrected chi connectivity index (χ1v) is 17.9. The quantitative estimate of drug-likeness (QED) is 0.0254. The second-order valence-corrected chi connectivity index (χ2v) is 15.6. The number of hydrogen-bond acceptors (Lipinski definition) is 17. The Balaban J connectivity index is 1.13. The minimum absolute atomic E-state index is 0.00802. The highest BCUT2D eigenvalue weighted by Crippen LogP contribution is 2.37. The van der Waals surface area contributed by atoms with E-state index in [-0.39, 0.29) is 69.9 Å². The van der Waals surface area contributed by atoms with Gasteiger partial charge in [0.05, 0.1) is 6.54 Å². The second kappa shape index (κ2) is 15.7. The lowest BCUT2D eigenvalue weighted by atomic mass is 9.87. The van der Waals surface area contributed by atoms with Crippen LogP contribution in [0, 0.1) is 0 Å². The molecule has 0 radical (unpaired) electrons. The average Bonchev–Trinajstić information content (AvgIpc) is 3.57. The summed E-state index contributed by atoms with van der Waals surface area (Å²) in [4.78, 5) is 67.4. The van der Waals surface area contributed by atoms with Crippen molar-refractivity contribution in [1.82, 2.24) is 21.3 Å². The van der Waals surface area contributed by atoms with Gasteiger partial charge in [-0.2, -0.15) is 0 Å². The molecule has 0 bridgehead atoms. The molecule has 21 nitrogen and oxygen atoms in total. The Kier molecular flexibility index (Phi) is 11.6. The van der Waals surface area contributed by atoms with Gasteiger partial charge < -0.3 is 49.1 Å². The third-order valence-electron chi connectivity index (χ3n) is 8.91. The summed E-state index contributed by atoms with van der Waals surface area (Å²) >= 11 is 0. The number of fused-ring (bicyclic) bond motifs is 1. The van der Waals surface area contributed by atoms with Crippen molar-refractivity contribution in [3.63, 3.8) is 0 Å². The Hall–Kier alpha value is -5.83. The number of rotatable bonds is 12. The number of esters is 2. The molecule has 1 aromatic carbocycles. The molecule has 5 rings (SSSR count). The number of benzene rings is 1. The molecule has 306 valence electrons. The fourth-order valence-electron chi connectivity index (χ4n) is 6.79. The van der Waals surface area contributed by atoms with Gasteiger partial charge in [-0.1, -0.05) is 0 Å². The van der Waals surface area contributed by atoms with Crippen LogP contribution in [-0.2, 0) is 35.1 Å². The maximum atomic E-state index is 12.7. The Morgan fingerprint density at radius 3 is 2.20 bits per heavy atom. The van der Waals surface area contributed by atoms with Crippen LogP contribution >= 0.6 is 0 Å². The number of nitrogens with one attached hydrogen (secondary N) is 5. The van der Waals surface area contributed by atoms with Crippen LogP contribution in [0.5, 0.6) is 0 Å². The monoisotopic (exact) mass is 789 g/mol. The molecule has 21 heteroatoms. The topological polar surface area (TPSA) is 296 Å². The first-order valence-electron chi connectivity index (χ1n) is 17.9. The lowest BCUT2D eigenvalue weighted by molar-refractivity contribution is -0.674. The van der Waals surface area contributed by atoms with Crippen LogP contribution in [0.15, 0.2) is 33.5 Å². The fraction of sp³-hybridized carbons (Fsp3) is 0.571. The van der Waals surface area contributed by atoms with E-state index in [0.29, 0.717) is 16.6 Å². The summed E-state index contributed by atoms with van der Waals surface area (Å²) in [5.74, 6) is -3.12. The summed E-state index contributed by atoms with van der Waals surface area (Å²) in [5.41, 5.74) is 9.19. The largest absolute Gasteiger partial charge is 0.459 e. The van der Waals surface area contributed by atoms with Crippen LogP contribution in [0.2, 0.25) is 0 Å². The molecule has 4 heterocycles. The summed E-state index contributed by atoms with van der Waals surface area (Å²) in [7, 11) is 0. The molecule has 2 aromatic rings. The van der Waals surface area contributed by atoms with Crippen molar-refractivity contribution >= 4 is 52.7 Å². The molecule has 1 fully saturated rings. The molecule has 3 atom stereocenters. The molecule has 0 aliphatic carbocycles. The highest BCUT2D eigenvalue weighted by Gasteiger charge is 2.74. The van der Waals surface area contributed by atoms with Crippen molar-refractivity contribution in [3.8, 4) is 0 Å². The van der Waals surface area contributed by atoms with Crippen molar-refractivity contribution in [2.75, 3.05) is 44.2 Å². The van der Waals surface area contributed by atoms with Crippen LogP contribution in [-0.4, -0.2) is 125 Å². The average molecular weight is 790 g/mol. The number of hydrogen-bond donors (Lipinski definition) is 9. The number of alkyl carbamates (subject to hydrolysis) is 2. The molecule has 3 aliphatic rings. The van der Waals surface area contributed by atoms with E-state index < -0.39 is 64.5 Å². The molecular weight excluding hydrogens is 738 g/mol. The van der Waals surface area contributed by atoms with Gasteiger partial charge in [0.1, 0.15) is 49.1 Å². The number of carbonyl (C=O) groups excluding carboxylic acids is 4. The summed E-state index contributed by atoms with van der Waals surface area (Å²) in [6.45, 7) is 9.34. The van der Waals surface area contributed by atoms with Crippen LogP contribution in [0.3, 0.4) is 0 Å². The molecule has 11 N–H and O–H groups in total. The number of ether oxygens (including phenoxy) is 4. The summed E-state index contributed by atoms with van der Waals surface area (Å²) in [6.07, 6.45) is -1.66. The Morgan fingerprint density at radius 2 is 1.59 bits per heavy atom. The number of carbonyl (C=O) groups is 4. The molecule has 0 saturated carbocycles. The van der Waals surface area contributed by atoms with Crippen molar-refractivity contribution in [2.45, 2.75) is 89.3 Å². The maximum Gasteiger partial charge on any atom is 0.407 e. The van der Waals surface area contributed by atoms with Crippen molar-refractivity contribution in [2.24, 2.45) is 11.5 Å². The fourth-order valence-corrected chi connectivity index (χ4v) is 6.79. The van der Waals surface area contributed by atoms with E-state index in [2.05, 4.69) is 26.3 Å². The Labute approximate surface area is 321 Å². The van der Waals surface area contributed by atoms with Crippen molar-refractivity contribution in [1.29, 1.82) is 0 Å². The highest BCUT2D eigenvalue weighted by atomic mass is 16.6. The first kappa shape index (κ1) is 41.3. The summed E-state index contributed by atoms with van der Waals surface area (Å²) in [5, 5.41) is 32.9. The number of amides is 2. The zero-order valence-corrected chi connectivity index (χ0v) is 32.1. The lowest BCUT2D eigenvalue weighted by Gasteiger charge is -2.40. The van der Waals surface area contributed by atoms with Crippen LogP contribution < -0.4 is 48.3 Å². The van der Waals surface area contributed by atoms with Crippen LogP contribution in [0.25, 0.3) is 11.0 Å². The summed E-state index contributed by atoms with van der Waals surface area (Å²) in [6, 6.07) is 4.44. The van der Waals surface area contributed by atoms with Gasteiger partial charge in [-0.3, -0.25) is 31.4 Å². The van der Waals surface area contributed by atoms with Gasteiger partial charge in [-0.15, -0.1) is 0 Å². The van der Waals surface area contributed by atoms with Crippen molar-refractivity contribution in [3.05, 3.63) is 40.2 Å². The maximum absolute atomic E-state index is 12.7. The molecule has 1 spiro atoms. The van der Waals surface area contributed by atoms with Crippen LogP contribution in [0.1, 0.15) is 53.5 Å². The third kappa shape index (κ3) is 9.51. The van der Waals surface area contributed by atoms with E-state index in [1.165, 1.54) is 17.0 Å². The Bertz CT molecular complexity index is 1950. The van der Waals surface area contributed by atoms with Gasteiger partial charge in [-0.05, 0) is 53.7 Å². The Morgan fingerprint density at radius 1 is 0.982 bits per heavy atom. The van der Waals surface area contributed by atoms with Gasteiger partial charge >= 0.3 is 41.7 Å². The molecule has 56 heavy (non-hydrogen) atoms. The lowest BCUT2D eigenvalue weighted by Crippen LogP contribution is -2.91. The standard InChI is InChI=1S/C35H49N9O12/c1-32(2,3)55-25(46)15-43(16-26(47)56-33(4,5)6)20-7-8-21-19(13-24(45)54-23(21)14-20)17-52-30(48)38-10-11-39-31(49)53-18-22-27-35(42-28(36)41-27)34(50,51)9-12-44(35)29(37)40-22/h7-8,13-14,22,27,50-51H,9-12,15-18H2,1-6H3,(H7,36,37,38,39,40,41,42,48,49)/p+2/t22-,27-,35-/m0/s1. The number of anilines is 1. The minimum Gasteiger partial charge on any atom is -0.459 e. The predicted molar refractivity (Wildman–Crippen MR) is 197 cm³/mol. The molecular formula is C35H51N9O12+2. The van der Waals surface area contributed by atoms with E-state index in [4.69, 9.17) is 34.8 Å². The normalized spacial score (nSPS) is 21.1. The minimum atomic E-state index is -2.19. The predicted octanol–water partition coefficient (Wildman–Crippen LogP) is -3.32. The van der Waals surface area contributed by atoms with Gasteiger partial charge in [-0.25, -0.2) is 24.3 Å². The number of nitrogens with two attached hydrogens (primary N) is 2. The van der Waals surface area contributed by atoms with Crippen LogP contribution in [0.4, 0.5) is 15.3 Å². The highest BCUT2D eigenvalue weighted by molar-refractivity contribution is 5.87. The van der Waals surface area contributed by atoms with Gasteiger partial charge in [0, 0.05) is 48.3 Å². The second-order valence-electron chi connectivity index (χ2n) is 15.6. The first-order chi connectivity index (χ1) is 26.1. The van der Waals surface area contributed by atoms with E-state index in [9.17, 15) is 34.2 Å². The number of guanidine groups is 2. The zero-order valence-electron chi connectivity index (χ0n) is 32.1. The van der Waals surface area contributed by atoms with E-state index in [1.807, 2.05) is 0 Å². The molecule has 0 unspecified atom stereocenters. The summed E-state index contributed by atoms with van der Waals surface area (Å²) < 4.78 is 28.5. The number of nitrogens with zero attached hydrogens (tertiary/aromatic N) is 2. The smallest absolute Gasteiger partial charge is 0.407 e. The number of aliphatic hydroxyl groups is 2.